The number of aromatic nitrogens is 1. The molecule has 0 aliphatic carbocycles. The molecule has 8 heteroatoms. The summed E-state index contributed by atoms with van der Waals surface area (Å²) in [7, 11) is 0. The molecule has 3 aliphatic heterocycles. The van der Waals surface area contributed by atoms with Crippen LogP contribution in [0.3, 0.4) is 0 Å². The van der Waals surface area contributed by atoms with E-state index in [2.05, 4.69) is 21.1 Å². The van der Waals surface area contributed by atoms with Crippen molar-refractivity contribution in [3.63, 3.8) is 0 Å². The van der Waals surface area contributed by atoms with Gasteiger partial charge in [-0.2, -0.15) is 13.2 Å². The number of hydrogen-bond acceptors (Lipinski definition) is 4. The van der Waals surface area contributed by atoms with E-state index in [0.717, 1.165) is 32.5 Å². The Balaban J connectivity index is 1.56. The van der Waals surface area contributed by atoms with Gasteiger partial charge in [0.1, 0.15) is 5.69 Å². The van der Waals surface area contributed by atoms with Crippen LogP contribution in [0.5, 0.6) is 0 Å². The van der Waals surface area contributed by atoms with E-state index in [4.69, 9.17) is 0 Å². The molecular weight excluding hydrogens is 363 g/mol. The number of fused-ring (bicyclic) bond motifs is 4. The van der Waals surface area contributed by atoms with Gasteiger partial charge in [0, 0.05) is 41.0 Å². The minimum Gasteiger partial charge on any atom is -0.346 e. The zero-order chi connectivity index (χ0) is 18.3. The van der Waals surface area contributed by atoms with Crippen molar-refractivity contribution < 1.29 is 18.0 Å². The number of halogens is 3. The molecule has 1 unspecified atom stereocenters. The second-order valence-corrected chi connectivity index (χ2v) is 7.59. The summed E-state index contributed by atoms with van der Waals surface area (Å²) in [5, 5.41) is 5.13. The van der Waals surface area contributed by atoms with Crippen LogP contribution >= 0.6 is 11.3 Å². The van der Waals surface area contributed by atoms with E-state index in [1.807, 2.05) is 0 Å². The molecule has 4 nitrogen and oxygen atoms in total. The lowest BCUT2D eigenvalue weighted by molar-refractivity contribution is -0.0696. The number of nitrogens with one attached hydrogen (secondary N) is 1. The van der Waals surface area contributed by atoms with Gasteiger partial charge in [-0.15, -0.1) is 11.3 Å². The molecule has 0 saturated carbocycles. The molecule has 1 atom stereocenters. The smallest absolute Gasteiger partial charge is 0.346 e. The van der Waals surface area contributed by atoms with Crippen LogP contribution in [0.4, 0.5) is 13.2 Å². The lowest BCUT2D eigenvalue weighted by Crippen LogP contribution is -2.57. The first-order valence-electron chi connectivity index (χ1n) is 8.39. The van der Waals surface area contributed by atoms with Gasteiger partial charge in [-0.05, 0) is 37.9 Å². The van der Waals surface area contributed by atoms with Crippen LogP contribution in [0.1, 0.15) is 28.9 Å². The fraction of sp³-hybridized carbons (Fsp3) is 0.444. The molecule has 1 N–H and O–H groups in total. The highest BCUT2D eigenvalue weighted by Gasteiger charge is 2.35. The molecule has 26 heavy (non-hydrogen) atoms. The molecule has 5 heterocycles. The molecule has 3 saturated heterocycles. The van der Waals surface area contributed by atoms with E-state index < -0.39 is 6.18 Å². The lowest BCUT2D eigenvalue weighted by Gasteiger charge is -2.44. The van der Waals surface area contributed by atoms with Gasteiger partial charge in [0.2, 0.25) is 0 Å². The van der Waals surface area contributed by atoms with E-state index in [1.165, 1.54) is 29.5 Å². The molecule has 2 aromatic heterocycles. The Hall–Kier alpha value is -2.11. The standard InChI is InChI=1S/C18H16F3N3OS/c19-18(20,21)4-1-12-10-26-16-8-22-14(7-13(12)16)17(25)23-15-9-24-5-2-11(15)3-6-24/h7-8,10-11,15H,2-3,5-6,9H2,(H,23,25). The Labute approximate surface area is 152 Å². The van der Waals surface area contributed by atoms with Crippen LogP contribution < -0.4 is 5.32 Å². The third-order valence-corrected chi connectivity index (χ3v) is 5.94. The number of pyridine rings is 1. The number of hydrogen-bond donors (Lipinski definition) is 1. The predicted octanol–water partition coefficient (Wildman–Crippen LogP) is 3.03. The molecule has 1 amide bonds. The number of piperidine rings is 3. The highest BCUT2D eigenvalue weighted by molar-refractivity contribution is 7.17. The van der Waals surface area contributed by atoms with E-state index >= 15 is 0 Å². The normalized spacial score (nSPS) is 25.0. The topological polar surface area (TPSA) is 45.2 Å². The minimum absolute atomic E-state index is 0.106. The number of amides is 1. The Kier molecular flexibility index (Phi) is 4.37. The highest BCUT2D eigenvalue weighted by atomic mass is 32.1. The average molecular weight is 379 g/mol. The van der Waals surface area contributed by atoms with Crippen LogP contribution in [0.2, 0.25) is 0 Å². The maximum absolute atomic E-state index is 12.6. The number of carbonyl (C=O) groups excluding carboxylic acids is 1. The molecule has 2 bridgehead atoms. The summed E-state index contributed by atoms with van der Waals surface area (Å²) < 4.78 is 37.7. The number of alkyl halides is 3. The molecule has 0 aromatic carbocycles. The first kappa shape index (κ1) is 17.3. The van der Waals surface area contributed by atoms with Gasteiger partial charge in [-0.1, -0.05) is 5.92 Å². The Morgan fingerprint density at radius 2 is 2.12 bits per heavy atom. The summed E-state index contributed by atoms with van der Waals surface area (Å²) in [6.07, 6.45) is -0.862. The fourth-order valence-electron chi connectivity index (χ4n) is 3.66. The van der Waals surface area contributed by atoms with E-state index in [0.29, 0.717) is 16.0 Å². The first-order valence-corrected chi connectivity index (χ1v) is 9.27. The van der Waals surface area contributed by atoms with E-state index in [1.54, 1.807) is 5.38 Å². The second-order valence-electron chi connectivity index (χ2n) is 6.68. The predicted molar refractivity (Wildman–Crippen MR) is 93.0 cm³/mol. The quantitative estimate of drug-likeness (QED) is 0.816. The zero-order valence-corrected chi connectivity index (χ0v) is 14.6. The largest absolute Gasteiger partial charge is 0.458 e. The Morgan fingerprint density at radius 3 is 2.77 bits per heavy atom. The van der Waals surface area contributed by atoms with Gasteiger partial charge in [0.25, 0.3) is 5.91 Å². The molecule has 3 fully saturated rings. The van der Waals surface area contributed by atoms with Gasteiger partial charge in [-0.3, -0.25) is 4.79 Å². The number of rotatable bonds is 2. The summed E-state index contributed by atoms with van der Waals surface area (Å²) in [5.41, 5.74) is 0.476. The monoisotopic (exact) mass is 379 g/mol. The Bertz CT molecular complexity index is 904. The summed E-state index contributed by atoms with van der Waals surface area (Å²) in [6, 6.07) is 1.64. The van der Waals surface area contributed by atoms with Crippen molar-refractivity contribution in [2.24, 2.45) is 5.92 Å². The third kappa shape index (κ3) is 3.55. The van der Waals surface area contributed by atoms with Gasteiger partial charge < -0.3 is 10.2 Å². The van der Waals surface area contributed by atoms with Gasteiger partial charge in [0.05, 0.1) is 4.70 Å². The van der Waals surface area contributed by atoms with Gasteiger partial charge in [0.15, 0.2) is 0 Å². The van der Waals surface area contributed by atoms with Crippen molar-refractivity contribution in [2.45, 2.75) is 25.1 Å². The van der Waals surface area contributed by atoms with Crippen LogP contribution in [0.25, 0.3) is 10.1 Å². The van der Waals surface area contributed by atoms with E-state index in [-0.39, 0.29) is 23.2 Å². The van der Waals surface area contributed by atoms with Crippen molar-refractivity contribution in [3.05, 3.63) is 28.9 Å². The van der Waals surface area contributed by atoms with Gasteiger partial charge in [-0.25, -0.2) is 4.98 Å². The van der Waals surface area contributed by atoms with Crippen molar-refractivity contribution >= 4 is 27.3 Å². The maximum Gasteiger partial charge on any atom is 0.458 e. The highest BCUT2D eigenvalue weighted by Crippen LogP contribution is 2.28. The molecule has 136 valence electrons. The van der Waals surface area contributed by atoms with Crippen molar-refractivity contribution in [1.29, 1.82) is 0 Å². The van der Waals surface area contributed by atoms with Crippen molar-refractivity contribution in [3.8, 4) is 11.8 Å². The average Bonchev–Trinajstić information content (AvgIpc) is 3.02. The SMILES string of the molecule is O=C(NC1CN2CCC1CC2)c1cc2c(C#CC(F)(F)F)csc2cn1. The molecule has 2 aromatic rings. The van der Waals surface area contributed by atoms with Crippen molar-refractivity contribution in [1.82, 2.24) is 15.2 Å². The maximum atomic E-state index is 12.6. The lowest BCUT2D eigenvalue weighted by atomic mass is 9.84. The van der Waals surface area contributed by atoms with Crippen molar-refractivity contribution in [2.75, 3.05) is 19.6 Å². The summed E-state index contributed by atoms with van der Waals surface area (Å²) >= 11 is 1.26. The van der Waals surface area contributed by atoms with Crippen LogP contribution in [-0.4, -0.2) is 47.6 Å². The summed E-state index contributed by atoms with van der Waals surface area (Å²) in [5.74, 6) is 3.63. The summed E-state index contributed by atoms with van der Waals surface area (Å²) in [6.45, 7) is 3.01. The number of carbonyl (C=O) groups is 1. The summed E-state index contributed by atoms with van der Waals surface area (Å²) in [4.78, 5) is 19.1. The second kappa shape index (κ2) is 6.56. The minimum atomic E-state index is -4.54. The fourth-order valence-corrected chi connectivity index (χ4v) is 4.50. The molecule has 0 radical (unpaired) electrons. The number of thiophene rings is 1. The van der Waals surface area contributed by atoms with E-state index in [9.17, 15) is 18.0 Å². The first-order chi connectivity index (χ1) is 12.4. The van der Waals surface area contributed by atoms with Crippen LogP contribution in [-0.2, 0) is 0 Å². The van der Waals surface area contributed by atoms with Gasteiger partial charge >= 0.3 is 6.18 Å². The molecule has 0 spiro atoms. The third-order valence-electron chi connectivity index (χ3n) is 5.01. The van der Waals surface area contributed by atoms with Crippen LogP contribution in [0.15, 0.2) is 17.6 Å². The molecular formula is C18H16F3N3OS. The van der Waals surface area contributed by atoms with Crippen LogP contribution in [0, 0.1) is 17.8 Å². The number of nitrogens with zero attached hydrogens (tertiary/aromatic N) is 2. The molecule has 5 rings (SSSR count). The molecule has 3 aliphatic rings. The Morgan fingerprint density at radius 1 is 1.35 bits per heavy atom. The zero-order valence-electron chi connectivity index (χ0n) is 13.8.